The van der Waals surface area contributed by atoms with Crippen LogP contribution in [-0.2, 0) is 20.1 Å². The fourth-order valence-corrected chi connectivity index (χ4v) is 3.23. The highest BCUT2D eigenvalue weighted by molar-refractivity contribution is 7.99. The Bertz CT molecular complexity index is 404. The van der Waals surface area contributed by atoms with E-state index in [9.17, 15) is 9.59 Å². The van der Waals surface area contributed by atoms with Gasteiger partial charge in [0.05, 0.1) is 12.9 Å². The number of amides is 1. The predicted octanol–water partition coefficient (Wildman–Crippen LogP) is 2.39. The van der Waals surface area contributed by atoms with Crippen molar-refractivity contribution < 1.29 is 14.3 Å². The Labute approximate surface area is 122 Å². The average Bonchev–Trinajstić information content (AvgIpc) is 2.88. The molecule has 0 aliphatic heterocycles. The Morgan fingerprint density at radius 2 is 2.21 bits per heavy atom. The molecule has 106 valence electrons. The average molecular weight is 301 g/mol. The largest absolute Gasteiger partial charge is 0.468 e. The number of hydrogen-bond donors (Lipinski definition) is 0. The van der Waals surface area contributed by atoms with E-state index < -0.39 is 0 Å². The van der Waals surface area contributed by atoms with Crippen molar-refractivity contribution in [2.45, 2.75) is 25.6 Å². The molecule has 0 spiro atoms. The van der Waals surface area contributed by atoms with Gasteiger partial charge in [-0.25, -0.2) is 0 Å². The molecule has 0 aliphatic carbocycles. The van der Waals surface area contributed by atoms with Crippen molar-refractivity contribution in [3.63, 3.8) is 0 Å². The van der Waals surface area contributed by atoms with Gasteiger partial charge in [-0.1, -0.05) is 6.07 Å². The van der Waals surface area contributed by atoms with Gasteiger partial charge in [0.2, 0.25) is 5.91 Å². The minimum atomic E-state index is -0.384. The molecule has 1 aromatic heterocycles. The van der Waals surface area contributed by atoms with Crippen molar-refractivity contribution in [3.05, 3.63) is 22.4 Å². The minimum absolute atomic E-state index is 0.00561. The molecule has 1 rings (SSSR count). The van der Waals surface area contributed by atoms with Crippen molar-refractivity contribution in [2.75, 3.05) is 19.4 Å². The van der Waals surface area contributed by atoms with Gasteiger partial charge < -0.3 is 9.64 Å². The summed E-state index contributed by atoms with van der Waals surface area (Å²) >= 11 is 3.25. The van der Waals surface area contributed by atoms with Gasteiger partial charge in [-0.3, -0.25) is 9.59 Å². The summed E-state index contributed by atoms with van der Waals surface area (Å²) in [6.45, 7) is 3.81. The highest BCUT2D eigenvalue weighted by Crippen LogP contribution is 2.17. The number of ether oxygens (including phenoxy) is 1. The van der Waals surface area contributed by atoms with Crippen LogP contribution in [0.15, 0.2) is 17.5 Å². The number of nitrogens with zero attached hydrogens (tertiary/aromatic N) is 1. The lowest BCUT2D eigenvalue weighted by Gasteiger charge is -2.25. The van der Waals surface area contributed by atoms with E-state index in [1.165, 1.54) is 12.0 Å². The maximum atomic E-state index is 12.1. The molecule has 1 amide bonds. The van der Waals surface area contributed by atoms with Crippen LogP contribution in [0.1, 0.15) is 18.7 Å². The second kappa shape index (κ2) is 8.22. The van der Waals surface area contributed by atoms with Crippen molar-refractivity contribution in [1.29, 1.82) is 0 Å². The number of rotatable bonds is 7. The molecule has 0 saturated carbocycles. The SMILES string of the molecule is COC(=O)CN(C(=O)CSCc1cccs1)C(C)C. The first kappa shape index (κ1) is 16.0. The van der Waals surface area contributed by atoms with E-state index in [4.69, 9.17) is 0 Å². The number of carbonyl (C=O) groups excluding carboxylic acids is 2. The van der Waals surface area contributed by atoms with Crippen molar-refractivity contribution in [3.8, 4) is 0 Å². The molecule has 0 atom stereocenters. The first-order valence-electron chi connectivity index (χ1n) is 6.01. The molecule has 0 unspecified atom stereocenters. The van der Waals surface area contributed by atoms with Gasteiger partial charge in [0, 0.05) is 16.7 Å². The van der Waals surface area contributed by atoms with Crippen LogP contribution in [0, 0.1) is 0 Å². The van der Waals surface area contributed by atoms with Gasteiger partial charge in [-0.05, 0) is 25.3 Å². The first-order valence-corrected chi connectivity index (χ1v) is 8.04. The van der Waals surface area contributed by atoms with Gasteiger partial charge in [0.1, 0.15) is 6.54 Å². The maximum Gasteiger partial charge on any atom is 0.325 e. The fourth-order valence-electron chi connectivity index (χ4n) is 1.48. The Hall–Kier alpha value is -1.01. The molecule has 0 aromatic carbocycles. The molecule has 0 radical (unpaired) electrons. The van der Waals surface area contributed by atoms with Crippen LogP contribution in [0.4, 0.5) is 0 Å². The highest BCUT2D eigenvalue weighted by Gasteiger charge is 2.20. The van der Waals surface area contributed by atoms with Crippen LogP contribution in [-0.4, -0.2) is 42.2 Å². The Kier molecular flexibility index (Phi) is 6.94. The van der Waals surface area contributed by atoms with Crippen molar-refractivity contribution in [2.24, 2.45) is 0 Å². The van der Waals surface area contributed by atoms with Crippen molar-refractivity contribution in [1.82, 2.24) is 4.90 Å². The molecular weight excluding hydrogens is 282 g/mol. The molecule has 0 bridgehead atoms. The summed E-state index contributed by atoms with van der Waals surface area (Å²) in [7, 11) is 1.33. The van der Waals surface area contributed by atoms with E-state index in [1.54, 1.807) is 28.0 Å². The summed E-state index contributed by atoms with van der Waals surface area (Å²) in [6, 6.07) is 4.05. The minimum Gasteiger partial charge on any atom is -0.468 e. The standard InChI is InChI=1S/C13H19NO3S2/c1-10(2)14(7-13(16)17-3)12(15)9-18-8-11-5-4-6-19-11/h4-6,10H,7-9H2,1-3H3. The zero-order chi connectivity index (χ0) is 14.3. The zero-order valence-electron chi connectivity index (χ0n) is 11.4. The predicted molar refractivity (Wildman–Crippen MR) is 79.3 cm³/mol. The summed E-state index contributed by atoms with van der Waals surface area (Å²) in [6.07, 6.45) is 0. The van der Waals surface area contributed by atoms with Crippen LogP contribution >= 0.6 is 23.1 Å². The van der Waals surface area contributed by atoms with Crippen LogP contribution in [0.25, 0.3) is 0 Å². The zero-order valence-corrected chi connectivity index (χ0v) is 13.1. The van der Waals surface area contributed by atoms with Gasteiger partial charge in [-0.15, -0.1) is 23.1 Å². The topological polar surface area (TPSA) is 46.6 Å². The van der Waals surface area contributed by atoms with Crippen molar-refractivity contribution >= 4 is 35.0 Å². The summed E-state index contributed by atoms with van der Waals surface area (Å²) in [5.41, 5.74) is 0. The maximum absolute atomic E-state index is 12.1. The lowest BCUT2D eigenvalue weighted by Crippen LogP contribution is -2.42. The van der Waals surface area contributed by atoms with Crippen LogP contribution in [0.2, 0.25) is 0 Å². The highest BCUT2D eigenvalue weighted by atomic mass is 32.2. The third-order valence-electron chi connectivity index (χ3n) is 2.52. The molecular formula is C13H19NO3S2. The molecule has 1 aromatic rings. The second-order valence-electron chi connectivity index (χ2n) is 4.26. The van der Waals surface area contributed by atoms with Gasteiger partial charge >= 0.3 is 5.97 Å². The third-order valence-corrected chi connectivity index (χ3v) is 4.55. The molecule has 0 saturated heterocycles. The number of hydrogen-bond acceptors (Lipinski definition) is 5. The number of thiophene rings is 1. The van der Waals surface area contributed by atoms with E-state index in [1.807, 2.05) is 25.3 Å². The smallest absolute Gasteiger partial charge is 0.325 e. The Balaban J connectivity index is 2.41. The normalized spacial score (nSPS) is 10.5. The van der Waals surface area contributed by atoms with Gasteiger partial charge in [0.25, 0.3) is 0 Å². The first-order chi connectivity index (χ1) is 9.04. The van der Waals surface area contributed by atoms with E-state index in [0.29, 0.717) is 5.75 Å². The number of thioether (sulfide) groups is 1. The fraction of sp³-hybridized carbons (Fsp3) is 0.538. The van der Waals surface area contributed by atoms with Crippen LogP contribution in [0.3, 0.4) is 0 Å². The third kappa shape index (κ3) is 5.65. The molecule has 4 nitrogen and oxygen atoms in total. The quantitative estimate of drug-likeness (QED) is 0.726. The summed E-state index contributed by atoms with van der Waals surface area (Å²) in [5, 5.41) is 2.02. The molecule has 0 N–H and O–H groups in total. The monoisotopic (exact) mass is 301 g/mol. The van der Waals surface area contributed by atoms with Crippen LogP contribution < -0.4 is 0 Å². The molecule has 0 fully saturated rings. The summed E-state index contributed by atoms with van der Waals surface area (Å²) in [4.78, 5) is 26.1. The molecule has 1 heterocycles. The second-order valence-corrected chi connectivity index (χ2v) is 6.28. The molecule has 6 heteroatoms. The van der Waals surface area contributed by atoms with Crippen LogP contribution in [0.5, 0.6) is 0 Å². The van der Waals surface area contributed by atoms with E-state index in [0.717, 1.165) is 5.75 Å². The van der Waals surface area contributed by atoms with Gasteiger partial charge in [0.15, 0.2) is 0 Å². The van der Waals surface area contributed by atoms with E-state index in [2.05, 4.69) is 10.8 Å². The van der Waals surface area contributed by atoms with E-state index in [-0.39, 0.29) is 24.5 Å². The summed E-state index contributed by atoms with van der Waals surface area (Å²) in [5.74, 6) is 0.799. The lowest BCUT2D eigenvalue weighted by atomic mass is 10.3. The number of methoxy groups -OCH3 is 1. The number of carbonyl (C=O) groups is 2. The number of esters is 1. The molecule has 19 heavy (non-hydrogen) atoms. The Morgan fingerprint density at radius 1 is 1.47 bits per heavy atom. The molecule has 0 aliphatic rings. The Morgan fingerprint density at radius 3 is 2.74 bits per heavy atom. The van der Waals surface area contributed by atoms with E-state index >= 15 is 0 Å². The van der Waals surface area contributed by atoms with Gasteiger partial charge in [-0.2, -0.15) is 0 Å². The summed E-state index contributed by atoms with van der Waals surface area (Å²) < 4.78 is 4.61. The lowest BCUT2D eigenvalue weighted by molar-refractivity contribution is -0.147.